The summed E-state index contributed by atoms with van der Waals surface area (Å²) in [5.74, 6) is -0.708. The number of nitrogen functional groups attached to an aromatic ring is 1. The van der Waals surface area contributed by atoms with Crippen LogP contribution in [0.5, 0.6) is 0 Å². The van der Waals surface area contributed by atoms with Gasteiger partial charge in [0.25, 0.3) is 11.8 Å². The average Bonchev–Trinajstić information content (AvgIpc) is 2.86. The molecule has 0 atom stereocenters. The van der Waals surface area contributed by atoms with E-state index in [-0.39, 0.29) is 16.7 Å². The van der Waals surface area contributed by atoms with Crippen LogP contribution in [0.2, 0.25) is 0 Å². The molecule has 31 heavy (non-hydrogen) atoms. The van der Waals surface area contributed by atoms with Crippen molar-refractivity contribution in [3.8, 4) is 0 Å². The van der Waals surface area contributed by atoms with Gasteiger partial charge in [0.15, 0.2) is 5.11 Å². The van der Waals surface area contributed by atoms with Gasteiger partial charge in [-0.25, -0.2) is 0 Å². The number of nitrogens with two attached hydrogens (primary N) is 1. The molecule has 10 heteroatoms. The minimum atomic E-state index is -4.68. The minimum absolute atomic E-state index is 0.0177. The Balaban J connectivity index is 1.79. The maximum atomic E-state index is 13.3. The lowest BCUT2D eigenvalue weighted by Crippen LogP contribution is -2.44. The Bertz CT molecular complexity index is 1130. The van der Waals surface area contributed by atoms with Crippen molar-refractivity contribution in [3.05, 3.63) is 53.1 Å². The van der Waals surface area contributed by atoms with Crippen molar-refractivity contribution in [2.24, 2.45) is 0 Å². The second-order valence-electron chi connectivity index (χ2n) is 7.93. The van der Waals surface area contributed by atoms with Gasteiger partial charge in [0.1, 0.15) is 5.54 Å². The van der Waals surface area contributed by atoms with E-state index < -0.39 is 28.9 Å². The van der Waals surface area contributed by atoms with Gasteiger partial charge in [-0.15, -0.1) is 0 Å². The molecular weight excluding hydrogens is 429 g/mol. The topological polar surface area (TPSA) is 78.7 Å². The van der Waals surface area contributed by atoms with Crippen LogP contribution < -0.4 is 20.9 Å². The monoisotopic (exact) mass is 448 g/mol. The summed E-state index contributed by atoms with van der Waals surface area (Å²) in [7, 11) is 0. The molecule has 0 spiro atoms. The van der Waals surface area contributed by atoms with Gasteiger partial charge in [-0.2, -0.15) is 13.2 Å². The normalized spacial score (nSPS) is 18.3. The predicted molar refractivity (Wildman–Crippen MR) is 115 cm³/mol. The van der Waals surface area contributed by atoms with Crippen LogP contribution in [-0.4, -0.2) is 29.0 Å². The van der Waals surface area contributed by atoms with Crippen LogP contribution in [0.1, 0.15) is 35.3 Å². The number of fused-ring (bicyclic) bond motifs is 1. The minimum Gasteiger partial charge on any atom is -0.398 e. The number of anilines is 3. The fourth-order valence-electron chi connectivity index (χ4n) is 3.92. The zero-order valence-corrected chi connectivity index (χ0v) is 17.5. The maximum absolute atomic E-state index is 13.3. The molecule has 0 saturated carbocycles. The van der Waals surface area contributed by atoms with E-state index in [1.165, 1.54) is 6.07 Å². The molecule has 2 amide bonds. The Morgan fingerprint density at radius 3 is 2.45 bits per heavy atom. The third kappa shape index (κ3) is 3.31. The van der Waals surface area contributed by atoms with Crippen molar-refractivity contribution in [2.45, 2.75) is 32.0 Å². The summed E-state index contributed by atoms with van der Waals surface area (Å²) >= 11 is 5.52. The number of nitrogens with one attached hydrogen (secondary N) is 1. The lowest BCUT2D eigenvalue weighted by molar-refractivity contribution is -0.137. The molecule has 0 aromatic heterocycles. The van der Waals surface area contributed by atoms with E-state index >= 15 is 0 Å². The van der Waals surface area contributed by atoms with Crippen LogP contribution in [0, 0.1) is 0 Å². The second kappa shape index (κ2) is 6.94. The number of carbonyl (C=O) groups excluding carboxylic acids is 2. The molecule has 4 rings (SSSR count). The van der Waals surface area contributed by atoms with Gasteiger partial charge >= 0.3 is 6.18 Å². The number of alkyl halides is 3. The number of nitrogens with zero attached hydrogens (tertiary/aromatic N) is 2. The van der Waals surface area contributed by atoms with E-state index in [0.717, 1.165) is 22.6 Å². The third-order valence-electron chi connectivity index (χ3n) is 5.54. The van der Waals surface area contributed by atoms with E-state index in [2.05, 4.69) is 5.32 Å². The highest BCUT2D eigenvalue weighted by Crippen LogP contribution is 2.40. The fourth-order valence-corrected chi connectivity index (χ4v) is 4.45. The summed E-state index contributed by atoms with van der Waals surface area (Å²) in [5, 5.41) is 2.79. The van der Waals surface area contributed by atoms with Crippen molar-refractivity contribution in [1.29, 1.82) is 0 Å². The molecule has 0 bridgehead atoms. The van der Waals surface area contributed by atoms with Crippen LogP contribution in [0.3, 0.4) is 0 Å². The molecular formula is C21H19F3N4O2S. The maximum Gasteiger partial charge on any atom is 0.418 e. The van der Waals surface area contributed by atoms with Crippen LogP contribution in [0.4, 0.5) is 30.2 Å². The van der Waals surface area contributed by atoms with Crippen LogP contribution in [-0.2, 0) is 17.4 Å². The number of amides is 2. The molecule has 2 heterocycles. The van der Waals surface area contributed by atoms with Crippen molar-refractivity contribution in [2.75, 3.05) is 22.1 Å². The van der Waals surface area contributed by atoms with E-state index in [4.69, 9.17) is 18.0 Å². The summed E-state index contributed by atoms with van der Waals surface area (Å²) in [5.41, 5.74) is 4.68. The van der Waals surface area contributed by atoms with Crippen LogP contribution >= 0.6 is 12.2 Å². The van der Waals surface area contributed by atoms with Gasteiger partial charge in [-0.05, 0) is 68.4 Å². The Hall–Kier alpha value is -3.14. The lowest BCUT2D eigenvalue weighted by Gasteiger charge is -2.30. The number of hydrogen-bond acceptors (Lipinski definition) is 4. The number of benzene rings is 2. The van der Waals surface area contributed by atoms with Crippen LogP contribution in [0.25, 0.3) is 0 Å². The zero-order valence-electron chi connectivity index (χ0n) is 16.7. The standard InChI is InChI=1S/C21H19F3N4O2S/c1-20(2)18(30)27(12-5-6-16(25)15(10-12)21(22,23)24)19(31)28(20)13-4-3-11-7-8-26-17(29)14(11)9-13/h3-6,9-10H,7-8,25H2,1-2H3,(H,26,29). The molecule has 1 saturated heterocycles. The van der Waals surface area contributed by atoms with E-state index in [1.807, 2.05) is 0 Å². The van der Waals surface area contributed by atoms with Gasteiger partial charge < -0.3 is 16.0 Å². The molecule has 2 aliphatic heterocycles. The second-order valence-corrected chi connectivity index (χ2v) is 8.30. The Labute approximate surface area is 181 Å². The molecule has 0 aliphatic carbocycles. The lowest BCUT2D eigenvalue weighted by atomic mass is 9.97. The van der Waals surface area contributed by atoms with E-state index in [9.17, 15) is 22.8 Å². The average molecular weight is 448 g/mol. The highest BCUT2D eigenvalue weighted by Gasteiger charge is 2.50. The molecule has 2 aromatic carbocycles. The van der Waals surface area contributed by atoms with Gasteiger partial charge in [0.05, 0.1) is 11.3 Å². The first-order chi connectivity index (χ1) is 14.4. The number of carbonyl (C=O) groups is 2. The van der Waals surface area contributed by atoms with Crippen molar-refractivity contribution < 1.29 is 22.8 Å². The first kappa shape index (κ1) is 21.1. The molecule has 0 radical (unpaired) electrons. The molecule has 2 aliphatic rings. The van der Waals surface area contributed by atoms with E-state index in [0.29, 0.717) is 24.2 Å². The molecule has 0 unspecified atom stereocenters. The molecule has 162 valence electrons. The Kier molecular flexibility index (Phi) is 4.73. The summed E-state index contributed by atoms with van der Waals surface area (Å²) in [4.78, 5) is 28.1. The number of thiocarbonyl (C=S) groups is 1. The number of rotatable bonds is 2. The third-order valence-corrected chi connectivity index (χ3v) is 5.91. The molecule has 2 aromatic rings. The van der Waals surface area contributed by atoms with Crippen LogP contribution in [0.15, 0.2) is 36.4 Å². The fraction of sp³-hybridized carbons (Fsp3) is 0.286. The summed E-state index contributed by atoms with van der Waals surface area (Å²) in [6.07, 6.45) is -3.99. The number of halogens is 3. The van der Waals surface area contributed by atoms with Gasteiger partial charge in [0, 0.05) is 23.5 Å². The van der Waals surface area contributed by atoms with Gasteiger partial charge in [-0.3, -0.25) is 14.5 Å². The first-order valence-electron chi connectivity index (χ1n) is 9.49. The summed E-state index contributed by atoms with van der Waals surface area (Å²) in [6.45, 7) is 3.80. The summed E-state index contributed by atoms with van der Waals surface area (Å²) in [6, 6.07) is 8.46. The van der Waals surface area contributed by atoms with Crippen molar-refractivity contribution in [3.63, 3.8) is 0 Å². The Morgan fingerprint density at radius 2 is 1.77 bits per heavy atom. The van der Waals surface area contributed by atoms with Gasteiger partial charge in [0.2, 0.25) is 0 Å². The summed E-state index contributed by atoms with van der Waals surface area (Å²) < 4.78 is 40.0. The predicted octanol–water partition coefficient (Wildman–Crippen LogP) is 3.49. The molecule has 3 N–H and O–H groups in total. The quantitative estimate of drug-likeness (QED) is 0.543. The van der Waals surface area contributed by atoms with E-state index in [1.54, 1.807) is 36.9 Å². The first-order valence-corrected chi connectivity index (χ1v) is 9.90. The largest absolute Gasteiger partial charge is 0.418 e. The van der Waals surface area contributed by atoms with Gasteiger partial charge in [-0.1, -0.05) is 6.07 Å². The SMILES string of the molecule is CC1(C)C(=O)N(c2ccc(N)c(C(F)(F)F)c2)C(=S)N1c1ccc2c(c1)C(=O)NCC2. The van der Waals surface area contributed by atoms with Crippen molar-refractivity contribution in [1.82, 2.24) is 5.32 Å². The van der Waals surface area contributed by atoms with Crippen molar-refractivity contribution >= 4 is 46.2 Å². The molecule has 6 nitrogen and oxygen atoms in total. The smallest absolute Gasteiger partial charge is 0.398 e. The highest BCUT2D eigenvalue weighted by atomic mass is 32.1. The zero-order chi connectivity index (χ0) is 22.7. The number of hydrogen-bond donors (Lipinski definition) is 2. The Morgan fingerprint density at radius 1 is 1.10 bits per heavy atom. The highest BCUT2D eigenvalue weighted by molar-refractivity contribution is 7.81. The molecule has 1 fully saturated rings.